The Balaban J connectivity index is 1.99. The van der Waals surface area contributed by atoms with Crippen LogP contribution in [0.4, 0.5) is 10.1 Å². The van der Waals surface area contributed by atoms with E-state index in [9.17, 15) is 9.18 Å². The van der Waals surface area contributed by atoms with Crippen LogP contribution in [-0.2, 0) is 4.79 Å². The minimum Gasteiger partial charge on any atom is -0.325 e. The first kappa shape index (κ1) is 17.2. The predicted molar refractivity (Wildman–Crippen MR) is 91.7 cm³/mol. The average Bonchev–Trinajstić information content (AvgIpc) is 2.57. The van der Waals surface area contributed by atoms with Crippen LogP contribution >= 0.6 is 0 Å². The molecular weight excluding hydrogens is 291 g/mol. The van der Waals surface area contributed by atoms with Crippen LogP contribution in [0.5, 0.6) is 0 Å². The lowest BCUT2D eigenvalue weighted by Gasteiger charge is -2.23. The third-order valence-electron chi connectivity index (χ3n) is 3.74. The number of nitrogens with one attached hydrogen (secondary N) is 2. The van der Waals surface area contributed by atoms with Gasteiger partial charge in [0.25, 0.3) is 0 Å². The van der Waals surface area contributed by atoms with Crippen LogP contribution in [-0.4, -0.2) is 11.9 Å². The van der Waals surface area contributed by atoms with Crippen LogP contribution in [0.2, 0.25) is 0 Å². The Hall–Kier alpha value is -2.20. The Morgan fingerprint density at radius 3 is 2.35 bits per heavy atom. The van der Waals surface area contributed by atoms with Crippen LogP contribution in [0.3, 0.4) is 0 Å². The number of halogens is 1. The number of carbonyl (C=O) groups is 1. The van der Waals surface area contributed by atoms with Gasteiger partial charge in [0.2, 0.25) is 5.91 Å². The Kier molecular flexibility index (Phi) is 6.29. The van der Waals surface area contributed by atoms with Gasteiger partial charge >= 0.3 is 0 Å². The van der Waals surface area contributed by atoms with Crippen molar-refractivity contribution in [2.24, 2.45) is 0 Å². The van der Waals surface area contributed by atoms with Gasteiger partial charge in [0, 0.05) is 11.7 Å². The molecule has 0 aromatic heterocycles. The molecule has 2 N–H and O–H groups in total. The lowest BCUT2D eigenvalue weighted by molar-refractivity contribution is -0.118. The van der Waals surface area contributed by atoms with E-state index >= 15 is 0 Å². The van der Waals surface area contributed by atoms with Gasteiger partial charge in [-0.1, -0.05) is 43.7 Å². The summed E-state index contributed by atoms with van der Waals surface area (Å²) < 4.78 is 12.9. The van der Waals surface area contributed by atoms with Gasteiger partial charge in [-0.05, 0) is 43.2 Å². The normalized spacial score (nSPS) is 13.3. The SMILES string of the molecule is CCC[C@H](N[C@@H](C)C(=O)Nc1ccc(F)cc1)c1ccccc1. The molecule has 0 aliphatic carbocycles. The fraction of sp³-hybridized carbons (Fsp3) is 0.316. The maximum Gasteiger partial charge on any atom is 0.241 e. The highest BCUT2D eigenvalue weighted by atomic mass is 19.1. The second kappa shape index (κ2) is 8.44. The molecule has 2 rings (SSSR count). The number of hydrogen-bond acceptors (Lipinski definition) is 2. The number of anilines is 1. The number of benzene rings is 2. The van der Waals surface area contributed by atoms with Crippen LogP contribution in [0, 0.1) is 5.82 Å². The topological polar surface area (TPSA) is 41.1 Å². The summed E-state index contributed by atoms with van der Waals surface area (Å²) in [7, 11) is 0. The molecule has 0 spiro atoms. The molecule has 4 heteroatoms. The summed E-state index contributed by atoms with van der Waals surface area (Å²) in [6, 6.07) is 15.7. The van der Waals surface area contributed by atoms with E-state index in [1.165, 1.54) is 17.7 Å². The van der Waals surface area contributed by atoms with E-state index in [-0.39, 0.29) is 23.8 Å². The van der Waals surface area contributed by atoms with Gasteiger partial charge in [0.15, 0.2) is 0 Å². The molecule has 3 nitrogen and oxygen atoms in total. The molecule has 2 aromatic carbocycles. The highest BCUT2D eigenvalue weighted by Crippen LogP contribution is 2.19. The van der Waals surface area contributed by atoms with Crippen molar-refractivity contribution in [2.45, 2.75) is 38.8 Å². The molecule has 0 aliphatic rings. The number of amides is 1. The summed E-state index contributed by atoms with van der Waals surface area (Å²) >= 11 is 0. The van der Waals surface area contributed by atoms with Crippen LogP contribution in [0.25, 0.3) is 0 Å². The van der Waals surface area contributed by atoms with Crippen molar-refractivity contribution in [3.63, 3.8) is 0 Å². The van der Waals surface area contributed by atoms with Gasteiger partial charge in [-0.2, -0.15) is 0 Å². The summed E-state index contributed by atoms with van der Waals surface area (Å²) in [4.78, 5) is 12.3. The van der Waals surface area contributed by atoms with Gasteiger partial charge in [0.05, 0.1) is 6.04 Å². The van der Waals surface area contributed by atoms with Crippen LogP contribution < -0.4 is 10.6 Å². The summed E-state index contributed by atoms with van der Waals surface area (Å²) in [6.45, 7) is 3.96. The number of hydrogen-bond donors (Lipinski definition) is 2. The van der Waals surface area contributed by atoms with Crippen molar-refractivity contribution < 1.29 is 9.18 Å². The monoisotopic (exact) mass is 314 g/mol. The van der Waals surface area contributed by atoms with E-state index < -0.39 is 0 Å². The Labute approximate surface area is 136 Å². The van der Waals surface area contributed by atoms with Crippen LogP contribution in [0.1, 0.15) is 38.3 Å². The van der Waals surface area contributed by atoms with E-state index in [1.54, 1.807) is 12.1 Å². The number of rotatable bonds is 7. The Bertz CT molecular complexity index is 613. The predicted octanol–water partition coefficient (Wildman–Crippen LogP) is 4.28. The summed E-state index contributed by atoms with van der Waals surface area (Å²) in [5, 5.41) is 6.18. The van der Waals surface area contributed by atoms with Gasteiger partial charge in [-0.25, -0.2) is 4.39 Å². The zero-order chi connectivity index (χ0) is 16.7. The van der Waals surface area contributed by atoms with Crippen molar-refractivity contribution in [2.75, 3.05) is 5.32 Å². The second-order valence-corrected chi connectivity index (χ2v) is 5.64. The summed E-state index contributed by atoms with van der Waals surface area (Å²) in [5.41, 5.74) is 1.77. The van der Waals surface area contributed by atoms with Gasteiger partial charge in [0.1, 0.15) is 5.82 Å². The molecule has 0 unspecified atom stereocenters. The maximum atomic E-state index is 12.9. The average molecular weight is 314 g/mol. The van der Waals surface area contributed by atoms with Gasteiger partial charge < -0.3 is 5.32 Å². The zero-order valence-corrected chi connectivity index (χ0v) is 13.6. The second-order valence-electron chi connectivity index (χ2n) is 5.64. The molecule has 2 aromatic rings. The molecule has 0 bridgehead atoms. The van der Waals surface area contributed by atoms with Gasteiger partial charge in [-0.3, -0.25) is 10.1 Å². The third kappa shape index (κ3) is 5.18. The Morgan fingerprint density at radius 2 is 1.74 bits per heavy atom. The first-order valence-electron chi connectivity index (χ1n) is 7.97. The molecule has 0 saturated heterocycles. The molecule has 0 fully saturated rings. The van der Waals surface area contributed by atoms with Crippen molar-refractivity contribution in [3.05, 3.63) is 66.0 Å². The fourth-order valence-electron chi connectivity index (χ4n) is 2.48. The molecular formula is C19H23FN2O. The van der Waals surface area contributed by atoms with E-state index in [0.717, 1.165) is 12.8 Å². The summed E-state index contributed by atoms with van der Waals surface area (Å²) in [5.74, 6) is -0.449. The number of carbonyl (C=O) groups excluding carboxylic acids is 1. The highest BCUT2D eigenvalue weighted by Gasteiger charge is 2.18. The lowest BCUT2D eigenvalue weighted by Crippen LogP contribution is -2.40. The highest BCUT2D eigenvalue weighted by molar-refractivity contribution is 5.94. The smallest absolute Gasteiger partial charge is 0.241 e. The molecule has 122 valence electrons. The fourth-order valence-corrected chi connectivity index (χ4v) is 2.48. The Morgan fingerprint density at radius 1 is 1.09 bits per heavy atom. The molecule has 23 heavy (non-hydrogen) atoms. The van der Waals surface area contributed by atoms with Crippen LogP contribution in [0.15, 0.2) is 54.6 Å². The van der Waals surface area contributed by atoms with E-state index in [0.29, 0.717) is 5.69 Å². The molecule has 2 atom stereocenters. The molecule has 0 aliphatic heterocycles. The van der Waals surface area contributed by atoms with Crippen molar-refractivity contribution in [3.8, 4) is 0 Å². The van der Waals surface area contributed by atoms with E-state index in [1.807, 2.05) is 25.1 Å². The lowest BCUT2D eigenvalue weighted by atomic mass is 10.0. The molecule has 0 heterocycles. The van der Waals surface area contributed by atoms with E-state index in [4.69, 9.17) is 0 Å². The quantitative estimate of drug-likeness (QED) is 0.800. The van der Waals surface area contributed by atoms with Gasteiger partial charge in [-0.15, -0.1) is 0 Å². The standard InChI is InChI=1S/C19H23FN2O/c1-3-7-18(15-8-5-4-6-9-15)21-14(2)19(23)22-17-12-10-16(20)11-13-17/h4-6,8-14,18,21H,3,7H2,1-2H3,(H,22,23)/t14-,18-/m0/s1. The van der Waals surface area contributed by atoms with Crippen molar-refractivity contribution in [1.82, 2.24) is 5.32 Å². The third-order valence-corrected chi connectivity index (χ3v) is 3.74. The van der Waals surface area contributed by atoms with E-state index in [2.05, 4.69) is 29.7 Å². The molecule has 0 radical (unpaired) electrons. The van der Waals surface area contributed by atoms with Crippen molar-refractivity contribution in [1.29, 1.82) is 0 Å². The largest absolute Gasteiger partial charge is 0.325 e. The zero-order valence-electron chi connectivity index (χ0n) is 13.6. The first-order valence-corrected chi connectivity index (χ1v) is 7.97. The van der Waals surface area contributed by atoms with Crippen molar-refractivity contribution >= 4 is 11.6 Å². The minimum atomic E-state index is -0.350. The first-order chi connectivity index (χ1) is 11.1. The minimum absolute atomic E-state index is 0.131. The molecule has 0 saturated carbocycles. The maximum absolute atomic E-state index is 12.9. The summed E-state index contributed by atoms with van der Waals surface area (Å²) in [6.07, 6.45) is 1.98. The molecule has 1 amide bonds.